The Hall–Kier alpha value is -1.17. The van der Waals surface area contributed by atoms with Gasteiger partial charge in [0, 0.05) is 31.9 Å². The summed E-state index contributed by atoms with van der Waals surface area (Å²) in [7, 11) is 0. The maximum atomic E-state index is 13.1. The number of nitrogens with one attached hydrogen (secondary N) is 1. The molecule has 5 heteroatoms. The Morgan fingerprint density at radius 1 is 1.42 bits per heavy atom. The van der Waals surface area contributed by atoms with Gasteiger partial charge in [-0.3, -0.25) is 4.90 Å². The van der Waals surface area contributed by atoms with Crippen LogP contribution in [0.5, 0.6) is 0 Å². The van der Waals surface area contributed by atoms with E-state index in [2.05, 4.69) is 10.2 Å². The molecule has 0 radical (unpaired) electrons. The van der Waals surface area contributed by atoms with E-state index < -0.39 is 6.10 Å². The maximum Gasteiger partial charge on any atom is 0.126 e. The van der Waals surface area contributed by atoms with Crippen molar-refractivity contribution in [2.24, 2.45) is 0 Å². The van der Waals surface area contributed by atoms with Crippen LogP contribution in [0.25, 0.3) is 0 Å². The number of aryl methyl sites for hydroxylation is 1. The average molecular weight is 268 g/mol. The summed E-state index contributed by atoms with van der Waals surface area (Å²) in [4.78, 5) is 2.19. The quantitative estimate of drug-likeness (QED) is 0.843. The Kier molecular flexibility index (Phi) is 5.13. The van der Waals surface area contributed by atoms with Crippen LogP contribution in [-0.4, -0.2) is 55.5 Å². The minimum Gasteiger partial charge on any atom is -0.390 e. The SMILES string of the molecule is Cc1cc(NCC(O)CN2CCOCC2)ccc1F. The molecule has 1 atom stereocenters. The zero-order chi connectivity index (χ0) is 13.7. The fraction of sp³-hybridized carbons (Fsp3) is 0.571. The van der Waals surface area contributed by atoms with E-state index in [1.165, 1.54) is 6.07 Å². The molecular weight excluding hydrogens is 247 g/mol. The molecule has 0 aromatic heterocycles. The van der Waals surface area contributed by atoms with Crippen LogP contribution in [0.2, 0.25) is 0 Å². The molecule has 0 spiro atoms. The summed E-state index contributed by atoms with van der Waals surface area (Å²) in [5.74, 6) is -0.209. The van der Waals surface area contributed by atoms with Crippen molar-refractivity contribution in [2.45, 2.75) is 13.0 Å². The first-order valence-corrected chi connectivity index (χ1v) is 6.63. The van der Waals surface area contributed by atoms with E-state index in [1.54, 1.807) is 19.1 Å². The number of aliphatic hydroxyl groups is 1. The van der Waals surface area contributed by atoms with Crippen molar-refractivity contribution < 1.29 is 14.2 Å². The predicted molar refractivity (Wildman–Crippen MR) is 72.9 cm³/mol. The minimum atomic E-state index is -0.441. The van der Waals surface area contributed by atoms with E-state index in [-0.39, 0.29) is 5.82 Å². The molecule has 1 aliphatic heterocycles. The van der Waals surface area contributed by atoms with Gasteiger partial charge in [0.1, 0.15) is 5.82 Å². The van der Waals surface area contributed by atoms with E-state index in [4.69, 9.17) is 4.74 Å². The summed E-state index contributed by atoms with van der Waals surface area (Å²) in [6.07, 6.45) is -0.441. The molecule has 106 valence electrons. The first-order valence-electron chi connectivity index (χ1n) is 6.63. The summed E-state index contributed by atoms with van der Waals surface area (Å²) in [5.41, 5.74) is 1.44. The number of morpholine rings is 1. The lowest BCUT2D eigenvalue weighted by Crippen LogP contribution is -2.42. The highest BCUT2D eigenvalue weighted by Crippen LogP contribution is 2.13. The number of rotatable bonds is 5. The van der Waals surface area contributed by atoms with E-state index in [0.717, 1.165) is 32.0 Å². The maximum absolute atomic E-state index is 13.1. The van der Waals surface area contributed by atoms with Gasteiger partial charge in [-0.2, -0.15) is 0 Å². The number of anilines is 1. The van der Waals surface area contributed by atoms with Gasteiger partial charge in [0.25, 0.3) is 0 Å². The van der Waals surface area contributed by atoms with E-state index in [1.807, 2.05) is 0 Å². The van der Waals surface area contributed by atoms with Gasteiger partial charge in [-0.1, -0.05) is 0 Å². The van der Waals surface area contributed by atoms with Crippen LogP contribution < -0.4 is 5.32 Å². The topological polar surface area (TPSA) is 44.7 Å². The lowest BCUT2D eigenvalue weighted by atomic mass is 10.2. The standard InChI is InChI=1S/C14H21FN2O2/c1-11-8-12(2-3-14(11)15)16-9-13(18)10-17-4-6-19-7-5-17/h2-3,8,13,16,18H,4-7,9-10H2,1H3. The lowest BCUT2D eigenvalue weighted by molar-refractivity contribution is 0.0171. The average Bonchev–Trinajstić information content (AvgIpc) is 2.41. The molecule has 1 aromatic rings. The molecule has 2 N–H and O–H groups in total. The number of benzene rings is 1. The molecule has 1 aromatic carbocycles. The molecule has 1 saturated heterocycles. The first-order chi connectivity index (χ1) is 9.15. The third kappa shape index (κ3) is 4.45. The Morgan fingerprint density at radius 2 is 2.16 bits per heavy atom. The van der Waals surface area contributed by atoms with Gasteiger partial charge in [-0.05, 0) is 30.7 Å². The highest BCUT2D eigenvalue weighted by molar-refractivity contribution is 5.45. The molecule has 1 fully saturated rings. The number of hydrogen-bond donors (Lipinski definition) is 2. The lowest BCUT2D eigenvalue weighted by Gasteiger charge is -2.28. The van der Waals surface area contributed by atoms with Gasteiger partial charge in [0.2, 0.25) is 0 Å². The Labute approximate surface area is 113 Å². The number of hydrogen-bond acceptors (Lipinski definition) is 4. The Bertz CT molecular complexity index is 408. The van der Waals surface area contributed by atoms with Crippen molar-refractivity contribution in [1.29, 1.82) is 0 Å². The van der Waals surface area contributed by atoms with E-state index in [9.17, 15) is 9.50 Å². The second kappa shape index (κ2) is 6.84. The molecule has 0 bridgehead atoms. The van der Waals surface area contributed by atoms with Crippen molar-refractivity contribution in [2.75, 3.05) is 44.7 Å². The third-order valence-electron chi connectivity index (χ3n) is 3.27. The normalized spacial score (nSPS) is 18.3. The number of halogens is 1. The Balaban J connectivity index is 1.75. The molecule has 0 amide bonds. The van der Waals surface area contributed by atoms with Crippen molar-refractivity contribution in [3.8, 4) is 0 Å². The van der Waals surface area contributed by atoms with Gasteiger partial charge in [-0.25, -0.2) is 4.39 Å². The van der Waals surface area contributed by atoms with Crippen molar-refractivity contribution in [3.63, 3.8) is 0 Å². The minimum absolute atomic E-state index is 0.209. The van der Waals surface area contributed by atoms with Gasteiger partial charge in [0.05, 0.1) is 19.3 Å². The highest BCUT2D eigenvalue weighted by Gasteiger charge is 2.14. The smallest absolute Gasteiger partial charge is 0.126 e. The molecule has 0 saturated carbocycles. The predicted octanol–water partition coefficient (Wildman–Crippen LogP) is 1.24. The van der Waals surface area contributed by atoms with Crippen molar-refractivity contribution in [1.82, 2.24) is 4.90 Å². The van der Waals surface area contributed by atoms with Crippen LogP contribution >= 0.6 is 0 Å². The largest absolute Gasteiger partial charge is 0.390 e. The first kappa shape index (κ1) is 14.2. The second-order valence-corrected chi connectivity index (χ2v) is 4.91. The monoisotopic (exact) mass is 268 g/mol. The molecule has 1 aliphatic rings. The zero-order valence-corrected chi connectivity index (χ0v) is 11.2. The molecule has 1 heterocycles. The summed E-state index contributed by atoms with van der Waals surface area (Å²) < 4.78 is 18.4. The molecule has 1 unspecified atom stereocenters. The van der Waals surface area contributed by atoms with Crippen LogP contribution in [0.1, 0.15) is 5.56 Å². The zero-order valence-electron chi connectivity index (χ0n) is 11.2. The van der Waals surface area contributed by atoms with E-state index in [0.29, 0.717) is 18.7 Å². The molecule has 2 rings (SSSR count). The summed E-state index contributed by atoms with van der Waals surface area (Å²) >= 11 is 0. The van der Waals surface area contributed by atoms with E-state index >= 15 is 0 Å². The van der Waals surface area contributed by atoms with Gasteiger partial charge >= 0.3 is 0 Å². The number of β-amino-alcohol motifs (C(OH)–C–C–N with tert-alkyl or cyclic N) is 1. The highest BCUT2D eigenvalue weighted by atomic mass is 19.1. The number of nitrogens with zero attached hydrogens (tertiary/aromatic N) is 1. The molecule has 0 aliphatic carbocycles. The van der Waals surface area contributed by atoms with Crippen LogP contribution in [0.15, 0.2) is 18.2 Å². The van der Waals surface area contributed by atoms with Crippen molar-refractivity contribution in [3.05, 3.63) is 29.6 Å². The van der Waals surface area contributed by atoms with Crippen LogP contribution in [0.4, 0.5) is 10.1 Å². The van der Waals surface area contributed by atoms with Crippen LogP contribution in [0, 0.1) is 12.7 Å². The molecular formula is C14H21FN2O2. The van der Waals surface area contributed by atoms with Crippen LogP contribution in [-0.2, 0) is 4.74 Å². The van der Waals surface area contributed by atoms with Crippen LogP contribution in [0.3, 0.4) is 0 Å². The van der Waals surface area contributed by atoms with Gasteiger partial charge in [0.15, 0.2) is 0 Å². The number of aliphatic hydroxyl groups excluding tert-OH is 1. The van der Waals surface area contributed by atoms with Gasteiger partial charge in [-0.15, -0.1) is 0 Å². The summed E-state index contributed by atoms with van der Waals surface area (Å²) in [5, 5.41) is 13.1. The molecule has 4 nitrogen and oxygen atoms in total. The second-order valence-electron chi connectivity index (χ2n) is 4.91. The summed E-state index contributed by atoms with van der Waals surface area (Å²) in [6.45, 7) is 6.03. The van der Waals surface area contributed by atoms with Gasteiger partial charge < -0.3 is 15.2 Å². The third-order valence-corrected chi connectivity index (χ3v) is 3.27. The molecule has 19 heavy (non-hydrogen) atoms. The van der Waals surface area contributed by atoms with Crippen molar-refractivity contribution >= 4 is 5.69 Å². The fourth-order valence-corrected chi connectivity index (χ4v) is 2.14. The number of ether oxygens (including phenoxy) is 1. The Morgan fingerprint density at radius 3 is 2.84 bits per heavy atom. The summed E-state index contributed by atoms with van der Waals surface area (Å²) in [6, 6.07) is 4.87. The fourth-order valence-electron chi connectivity index (χ4n) is 2.14.